The zero-order chi connectivity index (χ0) is 18.6. The molecule has 1 atom stereocenters. The summed E-state index contributed by atoms with van der Waals surface area (Å²) < 4.78 is 10.5. The average molecular weight is 346 g/mol. The van der Waals surface area contributed by atoms with E-state index in [0.29, 0.717) is 11.3 Å². The van der Waals surface area contributed by atoms with Crippen LogP contribution in [0.2, 0.25) is 0 Å². The molecule has 2 aromatic rings. The summed E-state index contributed by atoms with van der Waals surface area (Å²) in [5.74, 6) is -1.47. The normalized spacial score (nSPS) is 12.2. The second kappa shape index (κ2) is 7.83. The first-order valence-electron chi connectivity index (χ1n) is 7.94. The van der Waals surface area contributed by atoms with Crippen LogP contribution < -0.4 is 20.8 Å². The molecule has 2 rings (SSSR count). The molecule has 0 fully saturated rings. The molecule has 0 saturated carbocycles. The monoisotopic (exact) mass is 346 g/mol. The number of carbonyl (C=O) groups excluding carboxylic acids is 2. The molecule has 7 heteroatoms. The number of nitrogens with one attached hydrogen (secondary N) is 1. The van der Waals surface area contributed by atoms with Crippen molar-refractivity contribution in [2.45, 2.75) is 33.2 Å². The molecule has 7 nitrogen and oxygen atoms in total. The highest BCUT2D eigenvalue weighted by Crippen LogP contribution is 2.22. The van der Waals surface area contributed by atoms with Crippen LogP contribution >= 0.6 is 0 Å². The highest BCUT2D eigenvalue weighted by atomic mass is 16.5. The molecule has 0 radical (unpaired) electrons. The van der Waals surface area contributed by atoms with Gasteiger partial charge in [-0.15, -0.1) is 0 Å². The zero-order valence-electron chi connectivity index (χ0n) is 14.3. The molecule has 1 aromatic carbocycles. The molecule has 1 heterocycles. The highest BCUT2D eigenvalue weighted by Gasteiger charge is 2.15. The van der Waals surface area contributed by atoms with E-state index in [1.165, 1.54) is 12.1 Å². The van der Waals surface area contributed by atoms with Gasteiger partial charge >= 0.3 is 5.63 Å². The number of amides is 1. The molecule has 0 spiro atoms. The lowest BCUT2D eigenvalue weighted by Crippen LogP contribution is -2.49. The van der Waals surface area contributed by atoms with Gasteiger partial charge in [0, 0.05) is 17.5 Å². The number of hydrogen-bond donors (Lipinski definition) is 1. The summed E-state index contributed by atoms with van der Waals surface area (Å²) >= 11 is 0. The van der Waals surface area contributed by atoms with Crippen molar-refractivity contribution < 1.29 is 23.8 Å². The van der Waals surface area contributed by atoms with Crippen molar-refractivity contribution in [1.82, 2.24) is 5.32 Å². The van der Waals surface area contributed by atoms with Crippen LogP contribution in [0.15, 0.2) is 33.5 Å². The van der Waals surface area contributed by atoms with Crippen molar-refractivity contribution in [2.24, 2.45) is 5.92 Å². The van der Waals surface area contributed by atoms with Gasteiger partial charge in [0.05, 0.1) is 12.0 Å². The Labute approximate surface area is 144 Å². The first kappa shape index (κ1) is 18.5. The quantitative estimate of drug-likeness (QED) is 0.742. The Bertz CT molecular complexity index is 839. The van der Waals surface area contributed by atoms with Crippen LogP contribution in [0.3, 0.4) is 0 Å². The van der Waals surface area contributed by atoms with E-state index in [-0.39, 0.29) is 18.9 Å². The predicted octanol–water partition coefficient (Wildman–Crippen LogP) is 0.761. The number of aryl methyl sites for hydroxylation is 1. The lowest BCUT2D eigenvalue weighted by molar-refractivity contribution is -0.308. The minimum absolute atomic E-state index is 0.0933. The SMILES string of the molecule is Cc1cc(=O)oc2cc(OCC(=O)N[C@H](CC(C)C)C(=O)[O-])ccc12. The summed E-state index contributed by atoms with van der Waals surface area (Å²) in [7, 11) is 0. The topological polar surface area (TPSA) is 109 Å². The van der Waals surface area contributed by atoms with E-state index in [2.05, 4.69) is 5.32 Å². The Hall–Kier alpha value is -2.83. The Morgan fingerprint density at radius 2 is 2.00 bits per heavy atom. The number of ether oxygens (including phenoxy) is 1. The maximum Gasteiger partial charge on any atom is 0.336 e. The summed E-state index contributed by atoms with van der Waals surface area (Å²) in [6.45, 7) is 5.14. The van der Waals surface area contributed by atoms with Gasteiger partial charge in [0.15, 0.2) is 6.61 Å². The van der Waals surface area contributed by atoms with Gasteiger partial charge < -0.3 is 24.4 Å². The maximum atomic E-state index is 11.9. The molecule has 0 aliphatic heterocycles. The van der Waals surface area contributed by atoms with Crippen LogP contribution in [0, 0.1) is 12.8 Å². The van der Waals surface area contributed by atoms with Crippen LogP contribution in [-0.2, 0) is 9.59 Å². The molecule has 1 N–H and O–H groups in total. The number of benzene rings is 1. The van der Waals surface area contributed by atoms with Gasteiger partial charge in [-0.1, -0.05) is 13.8 Å². The first-order valence-corrected chi connectivity index (χ1v) is 7.94. The van der Waals surface area contributed by atoms with Gasteiger partial charge in [0.1, 0.15) is 11.3 Å². The van der Waals surface area contributed by atoms with Gasteiger partial charge in [-0.05, 0) is 37.0 Å². The zero-order valence-corrected chi connectivity index (χ0v) is 14.3. The second-order valence-electron chi connectivity index (χ2n) is 6.26. The second-order valence-corrected chi connectivity index (χ2v) is 6.26. The number of aliphatic carboxylic acids is 1. The lowest BCUT2D eigenvalue weighted by atomic mass is 10.0. The van der Waals surface area contributed by atoms with Gasteiger partial charge in [0.2, 0.25) is 0 Å². The Morgan fingerprint density at radius 1 is 1.28 bits per heavy atom. The molecule has 1 amide bonds. The van der Waals surface area contributed by atoms with Crippen LogP contribution in [0.1, 0.15) is 25.8 Å². The number of fused-ring (bicyclic) bond motifs is 1. The lowest BCUT2D eigenvalue weighted by Gasteiger charge is -2.21. The number of carbonyl (C=O) groups is 2. The third-order valence-corrected chi connectivity index (χ3v) is 3.62. The van der Waals surface area contributed by atoms with Crippen molar-refractivity contribution in [1.29, 1.82) is 0 Å². The standard InChI is InChI=1S/C18H21NO6/c1-10(2)6-14(18(22)23)19-16(20)9-24-12-4-5-13-11(3)7-17(21)25-15(13)8-12/h4-5,7-8,10,14H,6,9H2,1-3H3,(H,19,20)(H,22,23)/p-1/t14-/m1/s1. The first-order chi connectivity index (χ1) is 11.8. The Balaban J connectivity index is 2.03. The summed E-state index contributed by atoms with van der Waals surface area (Å²) in [5.41, 5.74) is 0.668. The van der Waals surface area contributed by atoms with Crippen LogP contribution in [0.5, 0.6) is 5.75 Å². The van der Waals surface area contributed by atoms with Crippen molar-refractivity contribution in [3.05, 3.63) is 40.2 Å². The molecule has 25 heavy (non-hydrogen) atoms. The van der Waals surface area contributed by atoms with Gasteiger partial charge in [-0.2, -0.15) is 0 Å². The molecule has 0 bridgehead atoms. The highest BCUT2D eigenvalue weighted by molar-refractivity contribution is 5.84. The van der Waals surface area contributed by atoms with E-state index in [1.807, 2.05) is 13.8 Å². The Morgan fingerprint density at radius 3 is 2.64 bits per heavy atom. The van der Waals surface area contributed by atoms with Gasteiger partial charge in [-0.25, -0.2) is 4.79 Å². The molecule has 0 unspecified atom stereocenters. The minimum atomic E-state index is -1.33. The number of rotatable bonds is 7. The fourth-order valence-corrected chi connectivity index (χ4v) is 2.47. The van der Waals surface area contributed by atoms with Crippen molar-refractivity contribution in [3.8, 4) is 5.75 Å². The van der Waals surface area contributed by atoms with Crippen LogP contribution in [-0.4, -0.2) is 24.5 Å². The van der Waals surface area contributed by atoms with Crippen LogP contribution in [0.25, 0.3) is 11.0 Å². The third kappa shape index (κ3) is 5.07. The molecular formula is C18H20NO6-. The Kier molecular flexibility index (Phi) is 5.80. The molecule has 1 aromatic heterocycles. The smallest absolute Gasteiger partial charge is 0.336 e. The van der Waals surface area contributed by atoms with E-state index in [4.69, 9.17) is 9.15 Å². The van der Waals surface area contributed by atoms with Crippen molar-refractivity contribution in [2.75, 3.05) is 6.61 Å². The van der Waals surface area contributed by atoms with E-state index >= 15 is 0 Å². The summed E-state index contributed by atoms with van der Waals surface area (Å²) in [6.07, 6.45) is 0.272. The molecule has 134 valence electrons. The largest absolute Gasteiger partial charge is 0.548 e. The summed E-state index contributed by atoms with van der Waals surface area (Å²) in [6, 6.07) is 5.22. The molecular weight excluding hydrogens is 326 g/mol. The van der Waals surface area contributed by atoms with E-state index in [9.17, 15) is 19.5 Å². The third-order valence-electron chi connectivity index (χ3n) is 3.62. The predicted molar refractivity (Wildman–Crippen MR) is 89.1 cm³/mol. The van der Waals surface area contributed by atoms with E-state index in [1.54, 1.807) is 19.1 Å². The fourth-order valence-electron chi connectivity index (χ4n) is 2.47. The molecule has 0 aliphatic carbocycles. The van der Waals surface area contributed by atoms with E-state index < -0.39 is 23.5 Å². The summed E-state index contributed by atoms with van der Waals surface area (Å²) in [4.78, 5) is 34.4. The fraction of sp³-hybridized carbons (Fsp3) is 0.389. The number of hydrogen-bond acceptors (Lipinski definition) is 6. The average Bonchev–Trinajstić information content (AvgIpc) is 2.51. The number of carboxylic acid groups (broad SMARTS) is 1. The number of carboxylic acids is 1. The van der Waals surface area contributed by atoms with Gasteiger partial charge in [-0.3, -0.25) is 4.79 Å². The van der Waals surface area contributed by atoms with Crippen molar-refractivity contribution in [3.63, 3.8) is 0 Å². The molecule has 0 saturated heterocycles. The molecule has 0 aliphatic rings. The summed E-state index contributed by atoms with van der Waals surface area (Å²) in [5, 5.41) is 14.2. The van der Waals surface area contributed by atoms with E-state index in [0.717, 1.165) is 10.9 Å². The maximum absolute atomic E-state index is 11.9. The van der Waals surface area contributed by atoms with Crippen LogP contribution in [0.4, 0.5) is 0 Å². The van der Waals surface area contributed by atoms with Gasteiger partial charge in [0.25, 0.3) is 5.91 Å². The minimum Gasteiger partial charge on any atom is -0.548 e. The van der Waals surface area contributed by atoms with Crippen molar-refractivity contribution >= 4 is 22.8 Å².